The molecule has 0 saturated heterocycles. The number of aromatic nitrogens is 3. The standard InChI is InChI=1S/C58H41N3/c1-3-16-38(17-4-2)53-36-54(39-19-6-5-7-20-39)60-57(59-53)41-29-31-55-47(33-41)48-34-52-46(35-56(48)61(55)42-30-28-37-18-8-9-21-40(37)32-42)45-24-12-15-27-51(45)58(52)49-25-13-10-22-43(49)44-23-11-14-26-50(44)58/h3-19,21-36,39H,1,20H2,2H3/b17-4-,38-16+. The number of allylic oxidation sites excluding steroid dienone is 9. The highest BCUT2D eigenvalue weighted by Crippen LogP contribution is 2.63. The normalized spacial score (nSPS) is 15.8. The maximum absolute atomic E-state index is 5.33. The van der Waals surface area contributed by atoms with Crippen molar-refractivity contribution in [2.24, 2.45) is 0 Å². The maximum atomic E-state index is 5.33. The number of rotatable bonds is 6. The minimum Gasteiger partial charge on any atom is -0.309 e. The molecule has 3 aliphatic rings. The highest BCUT2D eigenvalue weighted by atomic mass is 15.0. The van der Waals surface area contributed by atoms with E-state index in [1.54, 1.807) is 0 Å². The Labute approximate surface area is 355 Å². The van der Waals surface area contributed by atoms with Gasteiger partial charge in [0.25, 0.3) is 0 Å². The Morgan fingerprint density at radius 2 is 1.33 bits per heavy atom. The molecule has 288 valence electrons. The van der Waals surface area contributed by atoms with Gasteiger partial charge in [-0.05, 0) is 123 Å². The molecule has 3 nitrogen and oxygen atoms in total. The fourth-order valence-corrected chi connectivity index (χ4v) is 10.6. The molecule has 3 heteroatoms. The summed E-state index contributed by atoms with van der Waals surface area (Å²) >= 11 is 0. The second-order valence-electron chi connectivity index (χ2n) is 16.4. The van der Waals surface area contributed by atoms with Crippen LogP contribution in [0.25, 0.3) is 77.5 Å². The van der Waals surface area contributed by atoms with Gasteiger partial charge in [0, 0.05) is 27.9 Å². The minimum atomic E-state index is -0.447. The second kappa shape index (κ2) is 13.7. The summed E-state index contributed by atoms with van der Waals surface area (Å²) in [6.07, 6.45) is 17.6. The molecule has 1 atom stereocenters. The molecular weight excluding hydrogens is 739 g/mol. The van der Waals surface area contributed by atoms with Crippen molar-refractivity contribution in [1.82, 2.24) is 14.5 Å². The molecule has 2 aromatic heterocycles. The van der Waals surface area contributed by atoms with Crippen molar-refractivity contribution in [2.45, 2.75) is 24.7 Å². The van der Waals surface area contributed by atoms with Crippen molar-refractivity contribution < 1.29 is 0 Å². The molecule has 1 spiro atoms. The van der Waals surface area contributed by atoms with Crippen LogP contribution in [0.5, 0.6) is 0 Å². The van der Waals surface area contributed by atoms with E-state index < -0.39 is 5.41 Å². The highest BCUT2D eigenvalue weighted by molar-refractivity contribution is 6.13. The first-order chi connectivity index (χ1) is 30.1. The Morgan fingerprint density at radius 1 is 0.639 bits per heavy atom. The van der Waals surface area contributed by atoms with Gasteiger partial charge in [-0.1, -0.05) is 158 Å². The Morgan fingerprint density at radius 3 is 2.03 bits per heavy atom. The number of benzene rings is 7. The van der Waals surface area contributed by atoms with Gasteiger partial charge in [0.2, 0.25) is 0 Å². The fourth-order valence-electron chi connectivity index (χ4n) is 10.6. The molecule has 3 aliphatic carbocycles. The number of fused-ring (bicyclic) bond motifs is 14. The highest BCUT2D eigenvalue weighted by Gasteiger charge is 2.51. The Hall–Kier alpha value is -7.62. The average molecular weight is 780 g/mol. The van der Waals surface area contributed by atoms with Crippen molar-refractivity contribution in [3.8, 4) is 39.3 Å². The van der Waals surface area contributed by atoms with Gasteiger partial charge in [-0.15, -0.1) is 0 Å². The van der Waals surface area contributed by atoms with Crippen LogP contribution in [-0.4, -0.2) is 14.5 Å². The molecule has 0 amide bonds. The third-order valence-corrected chi connectivity index (χ3v) is 13.2. The smallest absolute Gasteiger partial charge is 0.160 e. The molecule has 2 heterocycles. The van der Waals surface area contributed by atoms with E-state index in [0.29, 0.717) is 5.82 Å². The largest absolute Gasteiger partial charge is 0.309 e. The van der Waals surface area contributed by atoms with E-state index in [1.807, 2.05) is 19.1 Å². The predicted molar refractivity (Wildman–Crippen MR) is 254 cm³/mol. The fraction of sp³-hybridized carbons (Fsp3) is 0.0690. The molecule has 0 N–H and O–H groups in total. The molecule has 0 aliphatic heterocycles. The van der Waals surface area contributed by atoms with E-state index in [1.165, 1.54) is 71.6 Å². The molecule has 61 heavy (non-hydrogen) atoms. The van der Waals surface area contributed by atoms with E-state index in [0.717, 1.165) is 40.1 Å². The molecule has 0 fully saturated rings. The average Bonchev–Trinajstić information content (AvgIpc) is 3.91. The van der Waals surface area contributed by atoms with Gasteiger partial charge in [-0.25, -0.2) is 9.97 Å². The summed E-state index contributed by atoms with van der Waals surface area (Å²) in [6, 6.07) is 56.6. The Bertz CT molecular complexity index is 3400. The molecule has 0 bridgehead atoms. The first kappa shape index (κ1) is 35.3. The van der Waals surface area contributed by atoms with Crippen molar-refractivity contribution >= 4 is 38.2 Å². The lowest BCUT2D eigenvalue weighted by Crippen LogP contribution is -2.25. The van der Waals surface area contributed by atoms with E-state index >= 15 is 0 Å². The first-order valence-electron chi connectivity index (χ1n) is 21.3. The predicted octanol–water partition coefficient (Wildman–Crippen LogP) is 14.5. The Balaban J connectivity index is 1.17. The maximum Gasteiger partial charge on any atom is 0.160 e. The summed E-state index contributed by atoms with van der Waals surface area (Å²) in [7, 11) is 0. The summed E-state index contributed by atoms with van der Waals surface area (Å²) in [6.45, 7) is 6.06. The van der Waals surface area contributed by atoms with Gasteiger partial charge in [0.05, 0.1) is 27.8 Å². The second-order valence-corrected chi connectivity index (χ2v) is 16.4. The summed E-state index contributed by atoms with van der Waals surface area (Å²) < 4.78 is 2.46. The summed E-state index contributed by atoms with van der Waals surface area (Å²) in [4.78, 5) is 10.6. The molecular formula is C58H41N3. The summed E-state index contributed by atoms with van der Waals surface area (Å²) in [5, 5.41) is 4.81. The molecule has 7 aromatic carbocycles. The lowest BCUT2D eigenvalue weighted by molar-refractivity contribution is 0.795. The van der Waals surface area contributed by atoms with Gasteiger partial charge >= 0.3 is 0 Å². The van der Waals surface area contributed by atoms with Crippen molar-refractivity contribution in [2.75, 3.05) is 0 Å². The van der Waals surface area contributed by atoms with Crippen LogP contribution in [0.15, 0.2) is 207 Å². The van der Waals surface area contributed by atoms with Gasteiger partial charge in [-0.2, -0.15) is 0 Å². The number of hydrogen-bond acceptors (Lipinski definition) is 2. The van der Waals surface area contributed by atoms with Crippen LogP contribution in [0, 0.1) is 0 Å². The van der Waals surface area contributed by atoms with Crippen LogP contribution in [0.4, 0.5) is 0 Å². The van der Waals surface area contributed by atoms with Crippen LogP contribution in [0.3, 0.4) is 0 Å². The van der Waals surface area contributed by atoms with E-state index in [2.05, 4.69) is 199 Å². The zero-order chi connectivity index (χ0) is 40.7. The van der Waals surface area contributed by atoms with Crippen molar-refractivity contribution in [1.29, 1.82) is 0 Å². The van der Waals surface area contributed by atoms with E-state index in [9.17, 15) is 0 Å². The molecule has 1 unspecified atom stereocenters. The van der Waals surface area contributed by atoms with Crippen molar-refractivity contribution in [3.05, 3.63) is 240 Å². The summed E-state index contributed by atoms with van der Waals surface area (Å²) in [5.74, 6) is 0.879. The summed E-state index contributed by atoms with van der Waals surface area (Å²) in [5.41, 5.74) is 17.4. The van der Waals surface area contributed by atoms with Gasteiger partial charge in [-0.3, -0.25) is 0 Å². The first-order valence-corrected chi connectivity index (χ1v) is 21.3. The lowest BCUT2D eigenvalue weighted by atomic mass is 9.70. The van der Waals surface area contributed by atoms with Crippen molar-refractivity contribution in [3.63, 3.8) is 0 Å². The van der Waals surface area contributed by atoms with Crippen LogP contribution < -0.4 is 0 Å². The molecule has 0 saturated carbocycles. The van der Waals surface area contributed by atoms with Crippen LogP contribution in [-0.2, 0) is 5.41 Å². The van der Waals surface area contributed by atoms with Crippen LogP contribution >= 0.6 is 0 Å². The van der Waals surface area contributed by atoms with Crippen LogP contribution in [0.2, 0.25) is 0 Å². The quantitative estimate of drug-likeness (QED) is 0.157. The molecule has 12 rings (SSSR count). The Kier molecular flexibility index (Phi) is 7.95. The third-order valence-electron chi connectivity index (χ3n) is 13.2. The van der Waals surface area contributed by atoms with Gasteiger partial charge < -0.3 is 4.57 Å². The molecule has 0 radical (unpaired) electrons. The van der Waals surface area contributed by atoms with E-state index in [4.69, 9.17) is 9.97 Å². The zero-order valence-corrected chi connectivity index (χ0v) is 33.9. The zero-order valence-electron chi connectivity index (χ0n) is 33.9. The van der Waals surface area contributed by atoms with Gasteiger partial charge in [0.15, 0.2) is 5.82 Å². The van der Waals surface area contributed by atoms with Crippen LogP contribution in [0.1, 0.15) is 52.9 Å². The van der Waals surface area contributed by atoms with Gasteiger partial charge in [0.1, 0.15) is 0 Å². The number of nitrogens with zero attached hydrogens (tertiary/aromatic N) is 3. The SMILES string of the molecule is C=C/C=C(\C=C/C)c1cc(C2C=CC=CC2)nc(-c2ccc3c(c2)c2cc4c(cc2n3-c2ccc3ccccc3c2)-c2ccccc2C42c3ccccc3-c3ccccc32)n1. The number of hydrogen-bond donors (Lipinski definition) is 0. The minimum absolute atomic E-state index is 0.164. The lowest BCUT2D eigenvalue weighted by Gasteiger charge is -2.30. The third kappa shape index (κ3) is 5.17. The molecule has 9 aromatic rings. The van der Waals surface area contributed by atoms with E-state index in [-0.39, 0.29) is 5.92 Å². The topological polar surface area (TPSA) is 30.7 Å². The monoisotopic (exact) mass is 779 g/mol.